The SMILES string of the molecule is O=S(=O)(Nc1ccc(Br)cc1)c1cc(CNC2CC2)cs1. The van der Waals surface area contributed by atoms with Crippen molar-refractivity contribution in [2.75, 3.05) is 4.72 Å². The van der Waals surface area contributed by atoms with Gasteiger partial charge < -0.3 is 5.32 Å². The van der Waals surface area contributed by atoms with Crippen molar-refractivity contribution in [1.29, 1.82) is 0 Å². The van der Waals surface area contributed by atoms with Crippen molar-refractivity contribution in [1.82, 2.24) is 5.32 Å². The monoisotopic (exact) mass is 386 g/mol. The van der Waals surface area contributed by atoms with E-state index in [9.17, 15) is 8.42 Å². The van der Waals surface area contributed by atoms with Crippen LogP contribution in [-0.2, 0) is 16.6 Å². The number of rotatable bonds is 6. The summed E-state index contributed by atoms with van der Waals surface area (Å²) in [5.41, 5.74) is 1.58. The second-order valence-electron chi connectivity index (χ2n) is 5.04. The Morgan fingerprint density at radius 1 is 1.24 bits per heavy atom. The number of sulfonamides is 1. The van der Waals surface area contributed by atoms with Gasteiger partial charge >= 0.3 is 0 Å². The molecule has 1 aromatic heterocycles. The molecule has 1 aromatic carbocycles. The first kappa shape index (κ1) is 15.0. The summed E-state index contributed by atoms with van der Waals surface area (Å²) < 4.78 is 28.5. The van der Waals surface area contributed by atoms with Crippen molar-refractivity contribution in [3.8, 4) is 0 Å². The van der Waals surface area contributed by atoms with E-state index in [4.69, 9.17) is 0 Å². The lowest BCUT2D eigenvalue weighted by molar-refractivity contribution is 0.603. The Morgan fingerprint density at radius 2 is 1.95 bits per heavy atom. The summed E-state index contributed by atoms with van der Waals surface area (Å²) in [5, 5.41) is 5.27. The Hall–Kier alpha value is -0.890. The summed E-state index contributed by atoms with van der Waals surface area (Å²) in [6.45, 7) is 0.731. The van der Waals surface area contributed by atoms with Crippen LogP contribution in [-0.4, -0.2) is 14.5 Å². The Kier molecular flexibility index (Phi) is 4.35. The summed E-state index contributed by atoms with van der Waals surface area (Å²) in [4.78, 5) is 0. The van der Waals surface area contributed by atoms with Gasteiger partial charge in [0.05, 0.1) is 0 Å². The Bertz CT molecular complexity index is 722. The molecule has 0 saturated heterocycles. The Labute approximate surface area is 136 Å². The highest BCUT2D eigenvalue weighted by Crippen LogP contribution is 2.25. The molecule has 0 bridgehead atoms. The highest BCUT2D eigenvalue weighted by Gasteiger charge is 2.21. The van der Waals surface area contributed by atoms with E-state index < -0.39 is 10.0 Å². The highest BCUT2D eigenvalue weighted by atomic mass is 79.9. The van der Waals surface area contributed by atoms with Gasteiger partial charge in [0.1, 0.15) is 4.21 Å². The molecule has 1 fully saturated rings. The van der Waals surface area contributed by atoms with Gasteiger partial charge in [-0.3, -0.25) is 4.72 Å². The maximum Gasteiger partial charge on any atom is 0.271 e. The topological polar surface area (TPSA) is 58.2 Å². The smallest absolute Gasteiger partial charge is 0.271 e. The van der Waals surface area contributed by atoms with E-state index in [0.717, 1.165) is 16.6 Å². The minimum absolute atomic E-state index is 0.345. The molecule has 1 saturated carbocycles. The fourth-order valence-corrected chi connectivity index (χ4v) is 4.39. The Balaban J connectivity index is 1.69. The van der Waals surface area contributed by atoms with Gasteiger partial charge in [0.2, 0.25) is 0 Å². The number of hydrogen-bond acceptors (Lipinski definition) is 4. The zero-order valence-electron chi connectivity index (χ0n) is 11.2. The molecule has 1 aliphatic rings. The molecule has 2 aromatic rings. The summed E-state index contributed by atoms with van der Waals surface area (Å²) in [6.07, 6.45) is 2.45. The van der Waals surface area contributed by atoms with Crippen LogP contribution in [0.4, 0.5) is 5.69 Å². The lowest BCUT2D eigenvalue weighted by Crippen LogP contribution is -2.15. The largest absolute Gasteiger partial charge is 0.310 e. The number of nitrogens with one attached hydrogen (secondary N) is 2. The molecule has 1 heterocycles. The van der Waals surface area contributed by atoms with Crippen LogP contribution >= 0.6 is 27.3 Å². The molecule has 2 N–H and O–H groups in total. The van der Waals surface area contributed by atoms with Crippen LogP contribution in [0.3, 0.4) is 0 Å². The molecule has 112 valence electrons. The fourth-order valence-electron chi connectivity index (χ4n) is 1.86. The lowest BCUT2D eigenvalue weighted by atomic mass is 10.3. The minimum atomic E-state index is -3.50. The van der Waals surface area contributed by atoms with Crippen molar-refractivity contribution in [3.63, 3.8) is 0 Å². The Morgan fingerprint density at radius 3 is 2.62 bits per heavy atom. The third-order valence-corrected chi connectivity index (χ3v) is 6.56. The van der Waals surface area contributed by atoms with Crippen LogP contribution < -0.4 is 10.0 Å². The maximum absolute atomic E-state index is 12.3. The van der Waals surface area contributed by atoms with E-state index in [-0.39, 0.29) is 0 Å². The summed E-state index contributed by atoms with van der Waals surface area (Å²) in [7, 11) is -3.50. The van der Waals surface area contributed by atoms with Crippen molar-refractivity contribution in [3.05, 3.63) is 45.7 Å². The van der Waals surface area contributed by atoms with Crippen molar-refractivity contribution >= 4 is 43.0 Å². The first-order valence-corrected chi connectivity index (χ1v) is 9.78. The molecule has 1 aliphatic carbocycles. The van der Waals surface area contributed by atoms with Gasteiger partial charge in [-0.2, -0.15) is 0 Å². The second kappa shape index (κ2) is 6.08. The van der Waals surface area contributed by atoms with Crippen LogP contribution in [0.2, 0.25) is 0 Å². The van der Waals surface area contributed by atoms with E-state index in [0.29, 0.717) is 15.9 Å². The number of benzene rings is 1. The number of hydrogen-bond donors (Lipinski definition) is 2. The van der Waals surface area contributed by atoms with Crippen LogP contribution in [0.1, 0.15) is 18.4 Å². The average Bonchev–Trinajstić information content (AvgIpc) is 3.15. The summed E-state index contributed by atoms with van der Waals surface area (Å²) >= 11 is 4.58. The van der Waals surface area contributed by atoms with E-state index >= 15 is 0 Å². The summed E-state index contributed by atoms with van der Waals surface area (Å²) in [6, 6.07) is 9.41. The molecule has 4 nitrogen and oxygen atoms in total. The van der Waals surface area contributed by atoms with Gasteiger partial charge in [-0.1, -0.05) is 15.9 Å². The van der Waals surface area contributed by atoms with E-state index in [1.165, 1.54) is 24.2 Å². The van der Waals surface area contributed by atoms with Gasteiger partial charge in [0.25, 0.3) is 10.0 Å². The maximum atomic E-state index is 12.3. The zero-order chi connectivity index (χ0) is 14.9. The lowest BCUT2D eigenvalue weighted by Gasteiger charge is -2.06. The zero-order valence-corrected chi connectivity index (χ0v) is 14.4. The molecule has 21 heavy (non-hydrogen) atoms. The molecule has 3 rings (SSSR count). The molecule has 0 spiro atoms. The number of halogens is 1. The molecule has 0 amide bonds. The number of thiophene rings is 1. The molecular formula is C14H15BrN2O2S2. The third-order valence-electron chi connectivity index (χ3n) is 3.16. The molecular weight excluding hydrogens is 372 g/mol. The first-order chi connectivity index (χ1) is 10.0. The van der Waals surface area contributed by atoms with Gasteiger partial charge in [-0.05, 0) is 54.1 Å². The van der Waals surface area contributed by atoms with Crippen LogP contribution in [0.25, 0.3) is 0 Å². The third kappa shape index (κ3) is 4.06. The van der Waals surface area contributed by atoms with Gasteiger partial charge in [-0.15, -0.1) is 11.3 Å². The first-order valence-electron chi connectivity index (χ1n) is 6.62. The minimum Gasteiger partial charge on any atom is -0.310 e. The molecule has 0 radical (unpaired) electrons. The molecule has 0 unspecified atom stereocenters. The van der Waals surface area contributed by atoms with Crippen LogP contribution in [0, 0.1) is 0 Å². The average molecular weight is 387 g/mol. The van der Waals surface area contributed by atoms with Crippen molar-refractivity contribution in [2.45, 2.75) is 29.6 Å². The fraction of sp³-hybridized carbons (Fsp3) is 0.286. The van der Waals surface area contributed by atoms with E-state index in [1.54, 1.807) is 30.3 Å². The highest BCUT2D eigenvalue weighted by molar-refractivity contribution is 9.10. The van der Waals surface area contributed by atoms with Gasteiger partial charge in [-0.25, -0.2) is 8.42 Å². The molecule has 7 heteroatoms. The standard InChI is InChI=1S/C14H15BrN2O2S2/c15-11-1-3-13(4-2-11)17-21(18,19)14-7-10(9-20-14)8-16-12-5-6-12/h1-4,7,9,12,16-17H,5-6,8H2. The predicted molar refractivity (Wildman–Crippen MR) is 89.1 cm³/mol. The predicted octanol–water partition coefficient (Wildman–Crippen LogP) is 3.56. The van der Waals surface area contributed by atoms with Crippen molar-refractivity contribution in [2.24, 2.45) is 0 Å². The number of anilines is 1. The van der Waals surface area contributed by atoms with Gasteiger partial charge in [0, 0.05) is 22.7 Å². The normalized spacial score (nSPS) is 15.1. The molecule has 0 atom stereocenters. The van der Waals surface area contributed by atoms with Crippen LogP contribution in [0.15, 0.2) is 44.4 Å². The molecule has 0 aliphatic heterocycles. The quantitative estimate of drug-likeness (QED) is 0.797. The summed E-state index contributed by atoms with van der Waals surface area (Å²) in [5.74, 6) is 0. The van der Waals surface area contributed by atoms with E-state index in [1.807, 2.05) is 5.38 Å². The van der Waals surface area contributed by atoms with E-state index in [2.05, 4.69) is 26.0 Å². The van der Waals surface area contributed by atoms with Gasteiger partial charge in [0.15, 0.2) is 0 Å². The second-order valence-corrected chi connectivity index (χ2v) is 8.78. The van der Waals surface area contributed by atoms with Crippen molar-refractivity contribution < 1.29 is 8.42 Å². The van der Waals surface area contributed by atoms with Crippen LogP contribution in [0.5, 0.6) is 0 Å².